The maximum atomic E-state index is 6.10. The highest BCUT2D eigenvalue weighted by molar-refractivity contribution is 5.47. The second kappa shape index (κ2) is 5.21. The first-order chi connectivity index (χ1) is 7.79. The Morgan fingerprint density at radius 3 is 2.50 bits per heavy atom. The van der Waals surface area contributed by atoms with Crippen molar-refractivity contribution in [3.63, 3.8) is 0 Å². The number of rotatable bonds is 3. The first-order valence-corrected chi connectivity index (χ1v) is 5.96. The molecule has 3 heteroatoms. The molecule has 2 rings (SSSR count). The third kappa shape index (κ3) is 2.67. The molecule has 1 fully saturated rings. The molecule has 0 bridgehead atoms. The quantitative estimate of drug-likeness (QED) is 0.822. The van der Waals surface area contributed by atoms with Crippen molar-refractivity contribution in [1.82, 2.24) is 0 Å². The van der Waals surface area contributed by atoms with Gasteiger partial charge in [0.2, 0.25) is 0 Å². The SMILES string of the molecule is COc1ccc(N[C@@H]2CCCCC2N)cc1. The second-order valence-electron chi connectivity index (χ2n) is 4.43. The predicted molar refractivity (Wildman–Crippen MR) is 66.8 cm³/mol. The van der Waals surface area contributed by atoms with Gasteiger partial charge in [0, 0.05) is 17.8 Å². The van der Waals surface area contributed by atoms with Crippen molar-refractivity contribution in [2.24, 2.45) is 5.73 Å². The Balaban J connectivity index is 1.96. The number of hydrogen-bond donors (Lipinski definition) is 2. The van der Waals surface area contributed by atoms with Gasteiger partial charge in [-0.2, -0.15) is 0 Å². The van der Waals surface area contributed by atoms with Gasteiger partial charge in [0.1, 0.15) is 5.75 Å². The zero-order chi connectivity index (χ0) is 11.4. The van der Waals surface area contributed by atoms with Gasteiger partial charge in [0.05, 0.1) is 7.11 Å². The number of nitrogens with two attached hydrogens (primary N) is 1. The zero-order valence-electron chi connectivity index (χ0n) is 9.78. The molecule has 0 saturated heterocycles. The fourth-order valence-electron chi connectivity index (χ4n) is 2.24. The molecule has 3 nitrogen and oxygen atoms in total. The van der Waals surface area contributed by atoms with Gasteiger partial charge < -0.3 is 15.8 Å². The van der Waals surface area contributed by atoms with Gasteiger partial charge in [-0.3, -0.25) is 0 Å². The maximum Gasteiger partial charge on any atom is 0.119 e. The van der Waals surface area contributed by atoms with Gasteiger partial charge in [0.25, 0.3) is 0 Å². The Kier molecular flexibility index (Phi) is 3.67. The number of hydrogen-bond acceptors (Lipinski definition) is 3. The van der Waals surface area contributed by atoms with Gasteiger partial charge in [-0.15, -0.1) is 0 Å². The highest BCUT2D eigenvalue weighted by atomic mass is 16.5. The molecule has 1 aromatic rings. The molecule has 2 atom stereocenters. The molecule has 16 heavy (non-hydrogen) atoms. The van der Waals surface area contributed by atoms with E-state index in [1.807, 2.05) is 24.3 Å². The number of benzene rings is 1. The van der Waals surface area contributed by atoms with Crippen molar-refractivity contribution < 1.29 is 4.74 Å². The van der Waals surface area contributed by atoms with Crippen molar-refractivity contribution in [3.8, 4) is 5.75 Å². The first kappa shape index (κ1) is 11.3. The van der Waals surface area contributed by atoms with E-state index in [4.69, 9.17) is 10.5 Å². The van der Waals surface area contributed by atoms with Gasteiger partial charge in [-0.05, 0) is 37.1 Å². The minimum atomic E-state index is 0.288. The van der Waals surface area contributed by atoms with Gasteiger partial charge in [-0.1, -0.05) is 12.8 Å². The standard InChI is InChI=1S/C13H20N2O/c1-16-11-8-6-10(7-9-11)15-13-5-3-2-4-12(13)14/h6-9,12-13,15H,2-5,14H2,1H3/t12?,13-/m1/s1. The van der Waals surface area contributed by atoms with Crippen molar-refractivity contribution in [2.45, 2.75) is 37.8 Å². The number of anilines is 1. The molecule has 0 aromatic heterocycles. The molecular weight excluding hydrogens is 200 g/mol. The van der Waals surface area contributed by atoms with Gasteiger partial charge >= 0.3 is 0 Å². The van der Waals surface area contributed by atoms with Crippen LogP contribution in [0.3, 0.4) is 0 Å². The lowest BCUT2D eigenvalue weighted by Crippen LogP contribution is -2.42. The summed E-state index contributed by atoms with van der Waals surface area (Å²) in [6.07, 6.45) is 4.85. The van der Waals surface area contributed by atoms with E-state index < -0.39 is 0 Å². The first-order valence-electron chi connectivity index (χ1n) is 5.96. The lowest BCUT2D eigenvalue weighted by atomic mass is 9.91. The molecule has 0 heterocycles. The summed E-state index contributed by atoms with van der Waals surface area (Å²) in [5.41, 5.74) is 7.22. The normalized spacial score (nSPS) is 25.1. The Hall–Kier alpha value is -1.22. The summed E-state index contributed by atoms with van der Waals surface area (Å²) in [7, 11) is 1.68. The van der Waals surface area contributed by atoms with Crippen LogP contribution in [0.1, 0.15) is 25.7 Å². The molecule has 1 saturated carbocycles. The zero-order valence-corrected chi connectivity index (χ0v) is 9.78. The molecule has 0 spiro atoms. The fraction of sp³-hybridized carbons (Fsp3) is 0.538. The molecule has 1 aliphatic carbocycles. The Morgan fingerprint density at radius 1 is 1.19 bits per heavy atom. The summed E-state index contributed by atoms with van der Waals surface area (Å²) in [5.74, 6) is 0.887. The van der Waals surface area contributed by atoms with E-state index >= 15 is 0 Å². The van der Waals surface area contributed by atoms with Gasteiger partial charge in [0.15, 0.2) is 0 Å². The van der Waals surface area contributed by atoms with E-state index in [9.17, 15) is 0 Å². The third-order valence-electron chi connectivity index (χ3n) is 3.26. The van der Waals surface area contributed by atoms with E-state index in [0.29, 0.717) is 6.04 Å². The molecule has 0 radical (unpaired) electrons. The van der Waals surface area contributed by atoms with Gasteiger partial charge in [-0.25, -0.2) is 0 Å². The van der Waals surface area contributed by atoms with Crippen LogP contribution in [0.5, 0.6) is 5.75 Å². The van der Waals surface area contributed by atoms with Crippen LogP contribution < -0.4 is 15.8 Å². The highest BCUT2D eigenvalue weighted by Gasteiger charge is 2.21. The molecule has 3 N–H and O–H groups in total. The Bertz CT molecular complexity index is 323. The predicted octanol–water partition coefficient (Wildman–Crippen LogP) is 2.38. The molecule has 1 aromatic carbocycles. The summed E-state index contributed by atoms with van der Waals surface area (Å²) in [6.45, 7) is 0. The fourth-order valence-corrected chi connectivity index (χ4v) is 2.24. The van der Waals surface area contributed by atoms with E-state index in [2.05, 4.69) is 5.32 Å². The topological polar surface area (TPSA) is 47.3 Å². The maximum absolute atomic E-state index is 6.10. The Labute approximate surface area is 97.0 Å². The minimum Gasteiger partial charge on any atom is -0.497 e. The largest absolute Gasteiger partial charge is 0.497 e. The second-order valence-corrected chi connectivity index (χ2v) is 4.43. The van der Waals surface area contributed by atoms with E-state index in [-0.39, 0.29) is 6.04 Å². The van der Waals surface area contributed by atoms with E-state index in [1.165, 1.54) is 19.3 Å². The van der Waals surface area contributed by atoms with Crippen LogP contribution in [0.4, 0.5) is 5.69 Å². The monoisotopic (exact) mass is 220 g/mol. The average Bonchev–Trinajstić information content (AvgIpc) is 2.33. The summed E-state index contributed by atoms with van der Waals surface area (Å²) in [4.78, 5) is 0. The van der Waals surface area contributed by atoms with E-state index in [1.54, 1.807) is 7.11 Å². The van der Waals surface area contributed by atoms with Crippen LogP contribution in [0.25, 0.3) is 0 Å². The van der Waals surface area contributed by atoms with Crippen LogP contribution in [-0.2, 0) is 0 Å². The molecule has 0 aliphatic heterocycles. The average molecular weight is 220 g/mol. The molecule has 1 aliphatic rings. The highest BCUT2D eigenvalue weighted by Crippen LogP contribution is 2.22. The molecule has 1 unspecified atom stereocenters. The summed E-state index contributed by atoms with van der Waals surface area (Å²) in [5, 5.41) is 3.50. The summed E-state index contributed by atoms with van der Waals surface area (Å²) in [6, 6.07) is 8.73. The summed E-state index contributed by atoms with van der Waals surface area (Å²) < 4.78 is 5.13. The summed E-state index contributed by atoms with van der Waals surface area (Å²) >= 11 is 0. The van der Waals surface area contributed by atoms with Crippen LogP contribution in [-0.4, -0.2) is 19.2 Å². The van der Waals surface area contributed by atoms with Crippen molar-refractivity contribution >= 4 is 5.69 Å². The minimum absolute atomic E-state index is 0.288. The molecular formula is C13H20N2O. The van der Waals surface area contributed by atoms with Crippen LogP contribution in [0.2, 0.25) is 0 Å². The Morgan fingerprint density at radius 2 is 1.88 bits per heavy atom. The van der Waals surface area contributed by atoms with Crippen LogP contribution in [0.15, 0.2) is 24.3 Å². The van der Waals surface area contributed by atoms with Crippen molar-refractivity contribution in [1.29, 1.82) is 0 Å². The van der Waals surface area contributed by atoms with Crippen molar-refractivity contribution in [3.05, 3.63) is 24.3 Å². The van der Waals surface area contributed by atoms with Crippen molar-refractivity contribution in [2.75, 3.05) is 12.4 Å². The van der Waals surface area contributed by atoms with Crippen LogP contribution >= 0.6 is 0 Å². The number of methoxy groups -OCH3 is 1. The number of ether oxygens (including phenoxy) is 1. The number of nitrogens with one attached hydrogen (secondary N) is 1. The lowest BCUT2D eigenvalue weighted by Gasteiger charge is -2.30. The third-order valence-corrected chi connectivity index (χ3v) is 3.26. The smallest absolute Gasteiger partial charge is 0.119 e. The van der Waals surface area contributed by atoms with Crippen LogP contribution in [0, 0.1) is 0 Å². The lowest BCUT2D eigenvalue weighted by molar-refractivity contribution is 0.403. The molecule has 0 amide bonds. The molecule has 88 valence electrons. The van der Waals surface area contributed by atoms with E-state index in [0.717, 1.165) is 17.9 Å².